The molecule has 0 aliphatic heterocycles. The van der Waals surface area contributed by atoms with Crippen molar-refractivity contribution in [3.05, 3.63) is 54.2 Å². The van der Waals surface area contributed by atoms with Crippen molar-refractivity contribution in [2.75, 3.05) is 11.5 Å². The van der Waals surface area contributed by atoms with E-state index in [0.29, 0.717) is 11.0 Å². The van der Waals surface area contributed by atoms with Crippen molar-refractivity contribution in [2.24, 2.45) is 0 Å². The van der Waals surface area contributed by atoms with Gasteiger partial charge in [0.05, 0.1) is 16.6 Å². The minimum absolute atomic E-state index is 0.444. The Bertz CT molecular complexity index is 1060. The molecule has 124 valence electrons. The third kappa shape index (κ3) is 3.01. The highest BCUT2D eigenvalue weighted by atomic mass is 32.2. The third-order valence-corrected chi connectivity index (χ3v) is 4.67. The summed E-state index contributed by atoms with van der Waals surface area (Å²) in [6.45, 7) is 1.96. The van der Waals surface area contributed by atoms with Crippen molar-refractivity contribution in [3.8, 4) is 11.3 Å². The van der Waals surface area contributed by atoms with Gasteiger partial charge in [0, 0.05) is 21.8 Å². The fourth-order valence-corrected chi connectivity index (χ4v) is 3.42. The highest BCUT2D eigenvalue weighted by Crippen LogP contribution is 2.33. The normalized spacial score (nSPS) is 11.1. The fraction of sp³-hybridized carbons (Fsp3) is 0.0556. The smallest absolute Gasteiger partial charge is 0.194 e. The summed E-state index contributed by atoms with van der Waals surface area (Å²) in [4.78, 5) is 10.1. The van der Waals surface area contributed by atoms with E-state index < -0.39 is 0 Å². The molecule has 6 nitrogen and oxygen atoms in total. The minimum Gasteiger partial charge on any atom is -0.399 e. The summed E-state index contributed by atoms with van der Waals surface area (Å²) in [6.07, 6.45) is 0. The molecule has 4 aromatic rings. The first kappa shape index (κ1) is 15.5. The Morgan fingerprint density at radius 3 is 2.52 bits per heavy atom. The second kappa shape index (κ2) is 6.10. The standard InChI is InChI=1S/C18H16N6S/c1-10-9-15(24-23-10)13-3-2-4-14-16(13)17(20)22-18(21-14)25-12-7-5-11(19)6-8-12/h2-9H,19H2,1H3,(H,23,24)(H2,20,21,22). The molecule has 0 spiro atoms. The highest BCUT2D eigenvalue weighted by Gasteiger charge is 2.13. The van der Waals surface area contributed by atoms with Gasteiger partial charge in [-0.3, -0.25) is 5.10 Å². The average molecular weight is 348 g/mol. The van der Waals surface area contributed by atoms with Gasteiger partial charge < -0.3 is 11.5 Å². The van der Waals surface area contributed by atoms with Crippen molar-refractivity contribution >= 4 is 34.2 Å². The van der Waals surface area contributed by atoms with Crippen LogP contribution in [-0.2, 0) is 0 Å². The third-order valence-electron chi connectivity index (χ3n) is 3.80. The molecule has 0 saturated heterocycles. The van der Waals surface area contributed by atoms with Gasteiger partial charge in [-0.2, -0.15) is 5.10 Å². The molecule has 0 aliphatic carbocycles. The number of anilines is 2. The first-order chi connectivity index (χ1) is 12.1. The Morgan fingerprint density at radius 1 is 1.00 bits per heavy atom. The van der Waals surface area contributed by atoms with Crippen molar-refractivity contribution < 1.29 is 0 Å². The van der Waals surface area contributed by atoms with Crippen LogP contribution in [0.3, 0.4) is 0 Å². The lowest BCUT2D eigenvalue weighted by Gasteiger charge is -2.08. The maximum atomic E-state index is 6.26. The van der Waals surface area contributed by atoms with Crippen LogP contribution >= 0.6 is 11.8 Å². The van der Waals surface area contributed by atoms with Crippen molar-refractivity contribution in [3.63, 3.8) is 0 Å². The molecular weight excluding hydrogens is 332 g/mol. The lowest BCUT2D eigenvalue weighted by atomic mass is 10.1. The first-order valence-corrected chi connectivity index (χ1v) is 8.54. The second-order valence-corrected chi connectivity index (χ2v) is 6.74. The number of nitrogens with one attached hydrogen (secondary N) is 1. The minimum atomic E-state index is 0.444. The maximum absolute atomic E-state index is 6.26. The van der Waals surface area contributed by atoms with Crippen LogP contribution in [0, 0.1) is 6.92 Å². The van der Waals surface area contributed by atoms with E-state index in [4.69, 9.17) is 11.5 Å². The van der Waals surface area contributed by atoms with Crippen LogP contribution in [-0.4, -0.2) is 20.2 Å². The molecule has 2 heterocycles. The summed E-state index contributed by atoms with van der Waals surface area (Å²) in [7, 11) is 0. The average Bonchev–Trinajstić information content (AvgIpc) is 3.03. The first-order valence-electron chi connectivity index (χ1n) is 7.72. The molecule has 5 N–H and O–H groups in total. The number of aromatic nitrogens is 4. The van der Waals surface area contributed by atoms with Crippen LogP contribution in [0.4, 0.5) is 11.5 Å². The van der Waals surface area contributed by atoms with Crippen LogP contribution in [0.15, 0.2) is 58.6 Å². The fourth-order valence-electron chi connectivity index (χ4n) is 2.65. The topological polar surface area (TPSA) is 106 Å². The highest BCUT2D eigenvalue weighted by molar-refractivity contribution is 7.99. The number of aryl methyl sites for hydroxylation is 1. The summed E-state index contributed by atoms with van der Waals surface area (Å²) in [6, 6.07) is 15.4. The van der Waals surface area contributed by atoms with Crippen LogP contribution in [0.25, 0.3) is 22.2 Å². The number of H-pyrrole nitrogens is 1. The molecule has 0 bridgehead atoms. The zero-order chi connectivity index (χ0) is 17.4. The zero-order valence-corrected chi connectivity index (χ0v) is 14.3. The Balaban J connectivity index is 1.79. The lowest BCUT2D eigenvalue weighted by molar-refractivity contribution is 1.01. The van der Waals surface area contributed by atoms with Gasteiger partial charge in [-0.15, -0.1) is 0 Å². The van der Waals surface area contributed by atoms with Crippen LogP contribution in [0.5, 0.6) is 0 Å². The van der Waals surface area contributed by atoms with Gasteiger partial charge in [0.15, 0.2) is 5.16 Å². The number of benzene rings is 2. The van der Waals surface area contributed by atoms with Gasteiger partial charge in [0.2, 0.25) is 0 Å². The Kier molecular flexibility index (Phi) is 3.77. The lowest BCUT2D eigenvalue weighted by Crippen LogP contribution is -1.98. The van der Waals surface area contributed by atoms with Gasteiger partial charge in [0.1, 0.15) is 5.82 Å². The summed E-state index contributed by atoms with van der Waals surface area (Å²) in [5.74, 6) is 0.444. The van der Waals surface area contributed by atoms with E-state index in [0.717, 1.165) is 38.4 Å². The van der Waals surface area contributed by atoms with Crippen LogP contribution < -0.4 is 11.5 Å². The molecule has 0 unspecified atom stereocenters. The second-order valence-electron chi connectivity index (χ2n) is 5.70. The van der Waals surface area contributed by atoms with E-state index in [2.05, 4.69) is 20.2 Å². The summed E-state index contributed by atoms with van der Waals surface area (Å²) < 4.78 is 0. The quantitative estimate of drug-likeness (QED) is 0.385. The van der Waals surface area contributed by atoms with E-state index in [1.165, 1.54) is 11.8 Å². The number of nitrogens with two attached hydrogens (primary N) is 2. The van der Waals surface area contributed by atoms with E-state index in [9.17, 15) is 0 Å². The summed E-state index contributed by atoms with van der Waals surface area (Å²) in [5, 5.41) is 8.69. The molecule has 25 heavy (non-hydrogen) atoms. The van der Waals surface area contributed by atoms with E-state index in [1.807, 2.05) is 55.5 Å². The Hall–Kier alpha value is -3.06. The van der Waals surface area contributed by atoms with Gasteiger partial charge in [-0.25, -0.2) is 9.97 Å². The Labute approximate surface area is 148 Å². The van der Waals surface area contributed by atoms with Crippen molar-refractivity contribution in [1.82, 2.24) is 20.2 Å². The number of hydrogen-bond donors (Lipinski definition) is 3. The number of aromatic amines is 1. The van der Waals surface area contributed by atoms with Gasteiger partial charge in [-0.05, 0) is 55.1 Å². The molecule has 2 aromatic carbocycles. The maximum Gasteiger partial charge on any atom is 0.194 e. The van der Waals surface area contributed by atoms with Crippen LogP contribution in [0.1, 0.15) is 5.69 Å². The molecule has 0 atom stereocenters. The molecule has 0 aliphatic rings. The molecular formula is C18H16N6S. The zero-order valence-electron chi connectivity index (χ0n) is 13.5. The number of nitrogen functional groups attached to an aromatic ring is 2. The predicted octanol–water partition coefficient (Wildman–Crippen LogP) is 3.64. The van der Waals surface area contributed by atoms with Gasteiger partial charge in [-0.1, -0.05) is 12.1 Å². The molecule has 0 amide bonds. The molecule has 7 heteroatoms. The molecule has 0 fully saturated rings. The van der Waals surface area contributed by atoms with Gasteiger partial charge in [0.25, 0.3) is 0 Å². The SMILES string of the molecule is Cc1cc(-c2cccc3nc(Sc4ccc(N)cc4)nc(N)c23)n[nH]1. The largest absolute Gasteiger partial charge is 0.399 e. The van der Waals surface area contributed by atoms with E-state index >= 15 is 0 Å². The van der Waals surface area contributed by atoms with Crippen molar-refractivity contribution in [2.45, 2.75) is 17.0 Å². The number of nitrogens with zero attached hydrogens (tertiary/aromatic N) is 3. The number of hydrogen-bond acceptors (Lipinski definition) is 6. The molecule has 4 rings (SSSR count). The summed E-state index contributed by atoms with van der Waals surface area (Å²) >= 11 is 1.45. The van der Waals surface area contributed by atoms with Crippen LogP contribution in [0.2, 0.25) is 0 Å². The molecule has 0 saturated carbocycles. The molecule has 0 radical (unpaired) electrons. The van der Waals surface area contributed by atoms with Crippen molar-refractivity contribution in [1.29, 1.82) is 0 Å². The Morgan fingerprint density at radius 2 is 1.80 bits per heavy atom. The molecule has 2 aromatic heterocycles. The van der Waals surface area contributed by atoms with E-state index in [1.54, 1.807) is 0 Å². The summed E-state index contributed by atoms with van der Waals surface area (Å²) in [5.41, 5.74) is 16.2. The predicted molar refractivity (Wildman–Crippen MR) is 101 cm³/mol. The number of rotatable bonds is 3. The van der Waals surface area contributed by atoms with Gasteiger partial charge >= 0.3 is 0 Å². The van der Waals surface area contributed by atoms with E-state index in [-0.39, 0.29) is 0 Å². The monoisotopic (exact) mass is 348 g/mol. The number of fused-ring (bicyclic) bond motifs is 1.